The Morgan fingerprint density at radius 1 is 1.43 bits per heavy atom. The average Bonchev–Trinajstić information content (AvgIpc) is 2.49. The van der Waals surface area contributed by atoms with Gasteiger partial charge in [-0.2, -0.15) is 0 Å². The van der Waals surface area contributed by atoms with Gasteiger partial charge in [-0.05, 0) is 18.6 Å². The quantitative estimate of drug-likeness (QED) is 0.832. The molecule has 1 aliphatic heterocycles. The molecule has 1 unspecified atom stereocenters. The minimum atomic E-state index is -0.500. The van der Waals surface area contributed by atoms with E-state index in [1.165, 1.54) is 0 Å². The van der Waals surface area contributed by atoms with Crippen molar-refractivity contribution in [3.8, 4) is 0 Å². The van der Waals surface area contributed by atoms with Crippen LogP contribution in [0.5, 0.6) is 0 Å². The van der Waals surface area contributed by atoms with Gasteiger partial charge in [0.1, 0.15) is 5.54 Å². The van der Waals surface area contributed by atoms with E-state index in [4.69, 9.17) is 0 Å². The molecular formula is C11H12BrNO. The van der Waals surface area contributed by atoms with Crippen LogP contribution in [0, 0.1) is 0 Å². The molecule has 1 aromatic carbocycles. The van der Waals surface area contributed by atoms with Crippen LogP contribution in [-0.2, 0) is 10.3 Å². The normalized spacial score (nSPS) is 26.9. The molecule has 0 amide bonds. The molecule has 1 fully saturated rings. The predicted molar refractivity (Wildman–Crippen MR) is 59.1 cm³/mol. The van der Waals surface area contributed by atoms with Crippen molar-refractivity contribution in [2.75, 3.05) is 6.54 Å². The zero-order chi connectivity index (χ0) is 10.2. The van der Waals surface area contributed by atoms with Crippen LogP contribution < -0.4 is 5.32 Å². The number of hydrogen-bond donors (Lipinski definition) is 1. The third-order valence-corrected chi connectivity index (χ3v) is 3.49. The molecule has 14 heavy (non-hydrogen) atoms. The monoisotopic (exact) mass is 253 g/mol. The van der Waals surface area contributed by atoms with Gasteiger partial charge < -0.3 is 5.32 Å². The molecule has 2 nitrogen and oxygen atoms in total. The lowest BCUT2D eigenvalue weighted by Crippen LogP contribution is -2.39. The fourth-order valence-electron chi connectivity index (χ4n) is 1.89. The van der Waals surface area contributed by atoms with E-state index >= 15 is 0 Å². The highest BCUT2D eigenvalue weighted by atomic mass is 79.9. The second-order valence-corrected chi connectivity index (χ2v) is 4.56. The van der Waals surface area contributed by atoms with Crippen LogP contribution in [0.15, 0.2) is 28.7 Å². The van der Waals surface area contributed by atoms with Gasteiger partial charge in [-0.1, -0.05) is 34.1 Å². The van der Waals surface area contributed by atoms with Crippen molar-refractivity contribution in [2.45, 2.75) is 18.9 Å². The Morgan fingerprint density at radius 2 is 2.14 bits per heavy atom. The Balaban J connectivity index is 2.48. The Bertz CT molecular complexity index is 377. The first-order valence-electron chi connectivity index (χ1n) is 4.68. The van der Waals surface area contributed by atoms with Crippen LogP contribution in [0.25, 0.3) is 0 Å². The first-order chi connectivity index (χ1) is 6.64. The molecule has 0 aliphatic carbocycles. The summed E-state index contributed by atoms with van der Waals surface area (Å²) in [6.45, 7) is 2.72. The highest BCUT2D eigenvalue weighted by molar-refractivity contribution is 9.10. The molecular weight excluding hydrogens is 242 g/mol. The molecule has 1 heterocycles. The molecule has 3 heteroatoms. The Hall–Kier alpha value is -0.670. The summed E-state index contributed by atoms with van der Waals surface area (Å²) >= 11 is 3.48. The number of benzene rings is 1. The third kappa shape index (κ3) is 1.41. The molecule has 0 saturated carbocycles. The maximum absolute atomic E-state index is 11.8. The van der Waals surface area contributed by atoms with Crippen molar-refractivity contribution in [1.29, 1.82) is 0 Å². The highest BCUT2D eigenvalue weighted by Crippen LogP contribution is 2.32. The van der Waals surface area contributed by atoms with Crippen LogP contribution in [-0.4, -0.2) is 12.3 Å². The average molecular weight is 254 g/mol. The predicted octanol–water partition coefficient (Wildman–Crippen LogP) is 2.23. The Morgan fingerprint density at radius 3 is 2.71 bits per heavy atom. The van der Waals surface area contributed by atoms with E-state index in [0.29, 0.717) is 6.42 Å². The van der Waals surface area contributed by atoms with E-state index in [1.807, 2.05) is 31.2 Å². The van der Waals surface area contributed by atoms with Crippen molar-refractivity contribution in [2.24, 2.45) is 0 Å². The van der Waals surface area contributed by atoms with Crippen LogP contribution in [0.1, 0.15) is 18.9 Å². The molecule has 0 spiro atoms. The number of Topliss-reactive ketones (excluding diaryl/α,β-unsaturated/α-hetero) is 1. The number of nitrogens with one attached hydrogen (secondary N) is 1. The third-order valence-electron chi connectivity index (χ3n) is 2.80. The van der Waals surface area contributed by atoms with E-state index in [-0.39, 0.29) is 5.78 Å². The zero-order valence-corrected chi connectivity index (χ0v) is 9.60. The fraction of sp³-hybridized carbons (Fsp3) is 0.364. The van der Waals surface area contributed by atoms with E-state index in [9.17, 15) is 4.79 Å². The number of hydrogen-bond acceptors (Lipinski definition) is 2. The van der Waals surface area contributed by atoms with Gasteiger partial charge >= 0.3 is 0 Å². The molecule has 74 valence electrons. The molecule has 0 aromatic heterocycles. The summed E-state index contributed by atoms with van der Waals surface area (Å²) < 4.78 is 0.991. The molecule has 1 aromatic rings. The molecule has 1 aliphatic rings. The van der Waals surface area contributed by atoms with Crippen LogP contribution in [0.2, 0.25) is 0 Å². The number of ketones is 1. The highest BCUT2D eigenvalue weighted by Gasteiger charge is 2.39. The maximum atomic E-state index is 11.8. The smallest absolute Gasteiger partial charge is 0.158 e. The van der Waals surface area contributed by atoms with E-state index < -0.39 is 5.54 Å². The van der Waals surface area contributed by atoms with Crippen molar-refractivity contribution in [3.63, 3.8) is 0 Å². The van der Waals surface area contributed by atoms with Crippen LogP contribution in [0.4, 0.5) is 0 Å². The number of halogens is 1. The first kappa shape index (κ1) is 9.87. The van der Waals surface area contributed by atoms with Crippen LogP contribution in [0.3, 0.4) is 0 Å². The summed E-state index contributed by atoms with van der Waals surface area (Å²) in [5, 5.41) is 3.26. The summed E-state index contributed by atoms with van der Waals surface area (Å²) in [6, 6.07) is 7.86. The van der Waals surface area contributed by atoms with Crippen molar-refractivity contribution < 1.29 is 4.79 Å². The van der Waals surface area contributed by atoms with E-state index in [0.717, 1.165) is 16.6 Å². The number of carbonyl (C=O) groups is 1. The van der Waals surface area contributed by atoms with Gasteiger partial charge in [-0.15, -0.1) is 0 Å². The van der Waals surface area contributed by atoms with Gasteiger partial charge in [-0.25, -0.2) is 0 Å². The SMILES string of the molecule is CC1(c2ccccc2Br)NCCC1=O. The van der Waals surface area contributed by atoms with E-state index in [2.05, 4.69) is 21.2 Å². The Labute approximate surface area is 91.8 Å². The minimum absolute atomic E-state index is 0.268. The second kappa shape index (κ2) is 3.48. The lowest BCUT2D eigenvalue weighted by Gasteiger charge is -2.24. The summed E-state index contributed by atoms with van der Waals surface area (Å²) in [4.78, 5) is 11.8. The molecule has 1 N–H and O–H groups in total. The number of carbonyl (C=O) groups excluding carboxylic acids is 1. The van der Waals surface area contributed by atoms with Gasteiger partial charge in [0.15, 0.2) is 5.78 Å². The molecule has 0 bridgehead atoms. The second-order valence-electron chi connectivity index (χ2n) is 3.70. The van der Waals surface area contributed by atoms with Gasteiger partial charge in [0.05, 0.1) is 0 Å². The van der Waals surface area contributed by atoms with Gasteiger partial charge in [0.2, 0.25) is 0 Å². The maximum Gasteiger partial charge on any atom is 0.158 e. The largest absolute Gasteiger partial charge is 0.301 e. The fourth-order valence-corrected chi connectivity index (χ4v) is 2.57. The standard InChI is InChI=1S/C11H12BrNO/c1-11(10(14)6-7-13-11)8-4-2-3-5-9(8)12/h2-5,13H,6-7H2,1H3. The molecule has 0 radical (unpaired) electrons. The lowest BCUT2D eigenvalue weighted by atomic mass is 9.89. The van der Waals surface area contributed by atoms with Crippen molar-refractivity contribution >= 4 is 21.7 Å². The minimum Gasteiger partial charge on any atom is -0.301 e. The van der Waals surface area contributed by atoms with Gasteiger partial charge in [-0.3, -0.25) is 4.79 Å². The summed E-state index contributed by atoms with van der Waals surface area (Å²) in [5.74, 6) is 0.268. The van der Waals surface area contributed by atoms with Gasteiger partial charge in [0.25, 0.3) is 0 Å². The molecule has 1 saturated heterocycles. The number of rotatable bonds is 1. The topological polar surface area (TPSA) is 29.1 Å². The summed E-state index contributed by atoms with van der Waals surface area (Å²) in [6.07, 6.45) is 0.623. The first-order valence-corrected chi connectivity index (χ1v) is 5.47. The molecule has 2 rings (SSSR count). The zero-order valence-electron chi connectivity index (χ0n) is 8.01. The summed E-state index contributed by atoms with van der Waals surface area (Å²) in [5.41, 5.74) is 0.530. The lowest BCUT2D eigenvalue weighted by molar-refractivity contribution is -0.122. The Kier molecular flexibility index (Phi) is 2.45. The summed E-state index contributed by atoms with van der Waals surface area (Å²) in [7, 11) is 0. The van der Waals surface area contributed by atoms with Gasteiger partial charge in [0, 0.05) is 17.4 Å². The van der Waals surface area contributed by atoms with Crippen molar-refractivity contribution in [3.05, 3.63) is 34.3 Å². The molecule has 1 atom stereocenters. The van der Waals surface area contributed by atoms with Crippen molar-refractivity contribution in [1.82, 2.24) is 5.32 Å². The van der Waals surface area contributed by atoms with Crippen LogP contribution >= 0.6 is 15.9 Å². The van der Waals surface area contributed by atoms with E-state index in [1.54, 1.807) is 0 Å².